The zero-order valence-electron chi connectivity index (χ0n) is 16.9. The van der Waals surface area contributed by atoms with Gasteiger partial charge in [-0.05, 0) is 35.6 Å². The van der Waals surface area contributed by atoms with Gasteiger partial charge in [-0.15, -0.1) is 0 Å². The molecule has 1 aliphatic heterocycles. The van der Waals surface area contributed by atoms with Crippen molar-refractivity contribution in [3.63, 3.8) is 0 Å². The number of hydrogen-bond donors (Lipinski definition) is 2. The van der Waals surface area contributed by atoms with Gasteiger partial charge in [0.2, 0.25) is 0 Å². The fraction of sp³-hybridized carbons (Fsp3) is 0.435. The summed E-state index contributed by atoms with van der Waals surface area (Å²) in [7, 11) is 1.64. The second kappa shape index (κ2) is 8.65. The van der Waals surface area contributed by atoms with E-state index in [2.05, 4.69) is 24.4 Å². The topological polar surface area (TPSA) is 61.8 Å². The van der Waals surface area contributed by atoms with E-state index < -0.39 is 0 Å². The zero-order chi connectivity index (χ0) is 20.1. The molecule has 2 aromatic rings. The van der Waals surface area contributed by atoms with Crippen molar-refractivity contribution in [2.45, 2.75) is 26.3 Å². The SMILES string of the molecule is COc1ccc(C(Cc2ccccc2)NC(=O)N2CC(C)C(C)(CO)C2)cc1. The standard InChI is InChI=1S/C23H30N2O3/c1-17-14-25(15-23(17,2)16-26)22(27)24-21(13-18-7-5-4-6-8-18)19-9-11-20(28-3)12-10-19/h4-12,17,21,26H,13-16H2,1-3H3,(H,24,27). The van der Waals surface area contributed by atoms with Crippen LogP contribution in [-0.4, -0.2) is 42.8 Å². The minimum atomic E-state index is -0.244. The molecule has 1 saturated heterocycles. The maximum absolute atomic E-state index is 13.0. The van der Waals surface area contributed by atoms with Crippen molar-refractivity contribution in [3.05, 3.63) is 65.7 Å². The van der Waals surface area contributed by atoms with Crippen molar-refractivity contribution in [2.75, 3.05) is 26.8 Å². The molecule has 0 bridgehead atoms. The van der Waals surface area contributed by atoms with Crippen LogP contribution >= 0.6 is 0 Å². The third-order valence-electron chi connectivity index (χ3n) is 5.98. The molecule has 2 N–H and O–H groups in total. The number of rotatable bonds is 6. The molecule has 0 radical (unpaired) electrons. The van der Waals surface area contributed by atoms with Crippen LogP contribution in [0.25, 0.3) is 0 Å². The predicted molar refractivity (Wildman–Crippen MR) is 110 cm³/mol. The third kappa shape index (κ3) is 4.47. The Morgan fingerprint density at radius 2 is 1.93 bits per heavy atom. The monoisotopic (exact) mass is 382 g/mol. The molecule has 2 aromatic carbocycles. The molecule has 1 fully saturated rings. The molecule has 28 heavy (non-hydrogen) atoms. The van der Waals surface area contributed by atoms with Crippen LogP contribution in [0.3, 0.4) is 0 Å². The fourth-order valence-corrected chi connectivity index (χ4v) is 3.75. The first-order chi connectivity index (χ1) is 13.4. The summed E-state index contributed by atoms with van der Waals surface area (Å²) >= 11 is 0. The molecule has 0 saturated carbocycles. The number of nitrogens with zero attached hydrogens (tertiary/aromatic N) is 1. The lowest BCUT2D eigenvalue weighted by Crippen LogP contribution is -2.42. The lowest BCUT2D eigenvalue weighted by atomic mass is 9.82. The van der Waals surface area contributed by atoms with Crippen molar-refractivity contribution < 1.29 is 14.6 Å². The second-order valence-corrected chi connectivity index (χ2v) is 8.06. The van der Waals surface area contributed by atoms with E-state index in [1.165, 1.54) is 5.56 Å². The van der Waals surface area contributed by atoms with E-state index in [0.29, 0.717) is 19.5 Å². The van der Waals surface area contributed by atoms with Crippen LogP contribution in [0.2, 0.25) is 0 Å². The number of ether oxygens (including phenoxy) is 1. The molecule has 0 aliphatic carbocycles. The summed E-state index contributed by atoms with van der Waals surface area (Å²) in [6.45, 7) is 5.44. The van der Waals surface area contributed by atoms with Crippen LogP contribution in [-0.2, 0) is 6.42 Å². The minimum absolute atomic E-state index is 0.0826. The van der Waals surface area contributed by atoms with Crippen LogP contribution in [0.4, 0.5) is 4.79 Å². The first-order valence-corrected chi connectivity index (χ1v) is 9.79. The number of urea groups is 1. The minimum Gasteiger partial charge on any atom is -0.497 e. The molecule has 0 aromatic heterocycles. The lowest BCUT2D eigenvalue weighted by Gasteiger charge is -2.26. The first kappa shape index (κ1) is 20.2. The Balaban J connectivity index is 1.77. The molecule has 1 heterocycles. The Labute approximate surface area is 167 Å². The van der Waals surface area contributed by atoms with E-state index in [9.17, 15) is 9.90 Å². The highest BCUT2D eigenvalue weighted by Gasteiger charge is 2.42. The van der Waals surface area contributed by atoms with Crippen molar-refractivity contribution in [1.29, 1.82) is 0 Å². The van der Waals surface area contributed by atoms with E-state index in [4.69, 9.17) is 4.74 Å². The van der Waals surface area contributed by atoms with Gasteiger partial charge in [-0.2, -0.15) is 0 Å². The third-order valence-corrected chi connectivity index (χ3v) is 5.98. The van der Waals surface area contributed by atoms with E-state index in [0.717, 1.165) is 11.3 Å². The second-order valence-electron chi connectivity index (χ2n) is 8.06. The van der Waals surface area contributed by atoms with Gasteiger partial charge in [-0.3, -0.25) is 0 Å². The van der Waals surface area contributed by atoms with Crippen molar-refractivity contribution in [3.8, 4) is 5.75 Å². The largest absolute Gasteiger partial charge is 0.497 e. The van der Waals surface area contributed by atoms with E-state index >= 15 is 0 Å². The number of carbonyl (C=O) groups excluding carboxylic acids is 1. The number of hydrogen-bond acceptors (Lipinski definition) is 3. The number of aliphatic hydroxyl groups excluding tert-OH is 1. The molecule has 3 rings (SSSR count). The molecule has 1 aliphatic rings. The number of amides is 2. The normalized spacial score (nSPS) is 22.7. The van der Waals surface area contributed by atoms with Gasteiger partial charge in [0.25, 0.3) is 0 Å². The quantitative estimate of drug-likeness (QED) is 0.802. The Morgan fingerprint density at radius 3 is 2.50 bits per heavy atom. The highest BCUT2D eigenvalue weighted by Crippen LogP contribution is 2.35. The van der Waals surface area contributed by atoms with Crippen LogP contribution in [0.1, 0.15) is 31.0 Å². The molecular formula is C23H30N2O3. The first-order valence-electron chi connectivity index (χ1n) is 9.79. The summed E-state index contributed by atoms with van der Waals surface area (Å²) in [6, 6.07) is 17.8. The summed E-state index contributed by atoms with van der Waals surface area (Å²) < 4.78 is 5.26. The molecule has 5 heteroatoms. The Kier molecular flexibility index (Phi) is 6.25. The van der Waals surface area contributed by atoms with E-state index in [-0.39, 0.29) is 30.0 Å². The summed E-state index contributed by atoms with van der Waals surface area (Å²) in [5, 5.41) is 12.9. The van der Waals surface area contributed by atoms with Gasteiger partial charge >= 0.3 is 6.03 Å². The van der Waals surface area contributed by atoms with Gasteiger partial charge in [0.1, 0.15) is 5.75 Å². The molecular weight excluding hydrogens is 352 g/mol. The fourth-order valence-electron chi connectivity index (χ4n) is 3.75. The molecule has 3 atom stereocenters. The summed E-state index contributed by atoms with van der Waals surface area (Å²) in [5.74, 6) is 1.05. The number of nitrogens with one attached hydrogen (secondary N) is 1. The van der Waals surface area contributed by atoms with Crippen LogP contribution in [0.15, 0.2) is 54.6 Å². The van der Waals surface area contributed by atoms with Crippen molar-refractivity contribution in [2.24, 2.45) is 11.3 Å². The highest BCUT2D eigenvalue weighted by atomic mass is 16.5. The van der Waals surface area contributed by atoms with Gasteiger partial charge in [0.15, 0.2) is 0 Å². The number of carbonyl (C=O) groups is 1. The smallest absolute Gasteiger partial charge is 0.317 e. The van der Waals surface area contributed by atoms with Crippen molar-refractivity contribution in [1.82, 2.24) is 10.2 Å². The van der Waals surface area contributed by atoms with Gasteiger partial charge < -0.3 is 20.1 Å². The maximum Gasteiger partial charge on any atom is 0.317 e. The number of likely N-dealkylation sites (tertiary alicyclic amines) is 1. The molecule has 5 nitrogen and oxygen atoms in total. The Hall–Kier alpha value is -2.53. The van der Waals surface area contributed by atoms with Crippen LogP contribution in [0.5, 0.6) is 5.75 Å². The number of aliphatic hydroxyl groups is 1. The van der Waals surface area contributed by atoms with E-state index in [1.807, 2.05) is 54.3 Å². The number of benzene rings is 2. The summed E-state index contributed by atoms with van der Waals surface area (Å²) in [4.78, 5) is 14.8. The van der Waals surface area contributed by atoms with Gasteiger partial charge in [0.05, 0.1) is 19.8 Å². The van der Waals surface area contributed by atoms with Crippen molar-refractivity contribution >= 4 is 6.03 Å². The number of methoxy groups -OCH3 is 1. The lowest BCUT2D eigenvalue weighted by molar-refractivity contribution is 0.118. The summed E-state index contributed by atoms with van der Waals surface area (Å²) in [5.41, 5.74) is 1.96. The van der Waals surface area contributed by atoms with Gasteiger partial charge in [0, 0.05) is 18.5 Å². The molecule has 3 unspecified atom stereocenters. The zero-order valence-corrected chi connectivity index (χ0v) is 16.9. The maximum atomic E-state index is 13.0. The highest BCUT2D eigenvalue weighted by molar-refractivity contribution is 5.75. The molecule has 0 spiro atoms. The molecule has 2 amide bonds. The Bertz CT molecular complexity index is 778. The average molecular weight is 383 g/mol. The van der Waals surface area contributed by atoms with Gasteiger partial charge in [-0.1, -0.05) is 56.3 Å². The predicted octanol–water partition coefficient (Wildman–Crippen LogP) is 3.64. The van der Waals surface area contributed by atoms with Crippen LogP contribution in [0, 0.1) is 11.3 Å². The van der Waals surface area contributed by atoms with Gasteiger partial charge in [-0.25, -0.2) is 4.79 Å². The summed E-state index contributed by atoms with van der Waals surface area (Å²) in [6.07, 6.45) is 0.708. The molecule has 150 valence electrons. The van der Waals surface area contributed by atoms with E-state index in [1.54, 1.807) is 7.11 Å². The Morgan fingerprint density at radius 1 is 1.25 bits per heavy atom. The van der Waals surface area contributed by atoms with Crippen LogP contribution < -0.4 is 10.1 Å². The average Bonchev–Trinajstić information content (AvgIpc) is 3.03.